The number of benzene rings is 4. The zero-order valence-electron chi connectivity index (χ0n) is 32.4. The van der Waals surface area contributed by atoms with Crippen molar-refractivity contribution in [1.29, 1.82) is 10.8 Å². The van der Waals surface area contributed by atoms with Gasteiger partial charge in [-0.1, -0.05) is 47.5 Å². The summed E-state index contributed by atoms with van der Waals surface area (Å²) in [5.74, 6) is -0.886. The van der Waals surface area contributed by atoms with Crippen molar-refractivity contribution in [2.45, 2.75) is 27.7 Å². The van der Waals surface area contributed by atoms with Crippen molar-refractivity contribution in [3.05, 3.63) is 173 Å². The highest BCUT2D eigenvalue weighted by Crippen LogP contribution is 2.29. The molecule has 304 valence electrons. The Labute approximate surface area is 372 Å². The van der Waals surface area contributed by atoms with Gasteiger partial charge in [-0.05, 0) is 155 Å². The second-order valence-electron chi connectivity index (χ2n) is 13.2. The van der Waals surface area contributed by atoms with Gasteiger partial charge < -0.3 is 32.1 Å². The number of pyridine rings is 2. The summed E-state index contributed by atoms with van der Waals surface area (Å²) >= 11 is 18.9. The average Bonchev–Trinajstić information content (AvgIpc) is 3.21. The first-order valence-electron chi connectivity index (χ1n) is 17.9. The molecule has 0 bridgehead atoms. The van der Waals surface area contributed by atoms with Crippen molar-refractivity contribution in [1.82, 2.24) is 9.97 Å². The Bertz CT molecular complexity index is 2440. The Morgan fingerprint density at radius 3 is 1.13 bits per heavy atom. The molecule has 0 fully saturated rings. The Hall–Kier alpha value is -6.06. The second-order valence-corrected chi connectivity index (χ2v) is 15.9. The molecule has 12 nitrogen and oxygen atoms in total. The number of rotatable bonds is 10. The van der Waals surface area contributed by atoms with Crippen LogP contribution in [0.15, 0.2) is 118 Å². The molecule has 6 N–H and O–H groups in total. The molecular weight excluding hydrogens is 935 g/mol. The third-order valence-electron chi connectivity index (χ3n) is 8.67. The van der Waals surface area contributed by atoms with Gasteiger partial charge in [-0.25, -0.2) is 9.97 Å². The highest BCUT2D eigenvalue weighted by atomic mass is 79.9. The van der Waals surface area contributed by atoms with Crippen LogP contribution < -0.4 is 21.3 Å². The van der Waals surface area contributed by atoms with E-state index in [2.05, 4.69) is 63.1 Å². The monoisotopic (exact) mass is 968 g/mol. The van der Waals surface area contributed by atoms with E-state index in [0.29, 0.717) is 66.7 Å². The number of carbonyl (C=O) groups is 4. The van der Waals surface area contributed by atoms with Gasteiger partial charge in [-0.2, -0.15) is 0 Å². The van der Waals surface area contributed by atoms with Crippen LogP contribution in [0, 0.1) is 24.7 Å². The molecule has 0 radical (unpaired) electrons. The predicted molar refractivity (Wildman–Crippen MR) is 246 cm³/mol. The summed E-state index contributed by atoms with van der Waals surface area (Å²) in [7, 11) is 0. The van der Waals surface area contributed by atoms with E-state index in [1.165, 1.54) is 12.1 Å². The molecule has 6 aromatic rings. The maximum atomic E-state index is 12.9. The Morgan fingerprint density at radius 2 is 0.833 bits per heavy atom. The number of hydrogen-bond donors (Lipinski definition) is 6. The minimum Gasteiger partial charge on any atom is -0.321 e. The molecule has 4 aromatic carbocycles. The van der Waals surface area contributed by atoms with Gasteiger partial charge >= 0.3 is 0 Å². The van der Waals surface area contributed by atoms with E-state index in [9.17, 15) is 19.2 Å². The van der Waals surface area contributed by atoms with E-state index in [0.717, 1.165) is 20.1 Å². The van der Waals surface area contributed by atoms with Crippen molar-refractivity contribution < 1.29 is 19.2 Å². The molecule has 0 unspecified atom stereocenters. The summed E-state index contributed by atoms with van der Waals surface area (Å²) in [5, 5.41) is 27.1. The number of aromatic nitrogens is 2. The van der Waals surface area contributed by atoms with Crippen molar-refractivity contribution in [3.8, 4) is 0 Å². The van der Waals surface area contributed by atoms with E-state index < -0.39 is 11.8 Å². The lowest BCUT2D eigenvalue weighted by atomic mass is 10.1. The van der Waals surface area contributed by atoms with Crippen molar-refractivity contribution in [2.24, 2.45) is 0 Å². The van der Waals surface area contributed by atoms with Gasteiger partial charge in [0, 0.05) is 53.9 Å². The molecule has 0 aliphatic carbocycles. The standard InChI is InChI=1S/2C22H18BrClN4O2/c2*1-12-9-17(24)10-18(22(30)27-19-8-7-16(23)11-26-19)20(12)28-21(29)15-5-3-14(4-6-15)13(2)25/h2*3-11,25H,1-2H3,(H,28,29)(H,26,27,30). The SMILES string of the molecule is CC(=N)c1ccc(C(=O)Nc2c(C)cc(Cl)cc2C(=O)Nc2ccc(Br)cn2)cc1.CC(=N)c1ccc(C(=O)Nc2c(C)cc(Cl)cc2C(=O)Nc2ccc(Br)cn2)cc1. The smallest absolute Gasteiger partial charge is 0.258 e. The molecule has 4 amide bonds. The summed E-state index contributed by atoms with van der Waals surface area (Å²) in [5.41, 5.74) is 5.60. The number of amides is 4. The summed E-state index contributed by atoms with van der Waals surface area (Å²) in [6.45, 7) is 6.88. The molecule has 0 aliphatic rings. The highest BCUT2D eigenvalue weighted by Gasteiger charge is 2.20. The fraction of sp³-hybridized carbons (Fsp3) is 0.0909. The number of halogens is 4. The van der Waals surface area contributed by atoms with Gasteiger partial charge in [0.05, 0.1) is 22.5 Å². The van der Waals surface area contributed by atoms with Gasteiger partial charge in [-0.3, -0.25) is 19.2 Å². The maximum Gasteiger partial charge on any atom is 0.258 e. The second kappa shape index (κ2) is 20.3. The summed E-state index contributed by atoms with van der Waals surface area (Å²) < 4.78 is 1.58. The van der Waals surface area contributed by atoms with Crippen LogP contribution in [0.4, 0.5) is 23.0 Å². The van der Waals surface area contributed by atoms with E-state index in [-0.39, 0.29) is 22.9 Å². The topological polar surface area (TPSA) is 190 Å². The lowest BCUT2D eigenvalue weighted by molar-refractivity contribution is 0.101. The molecule has 0 saturated heterocycles. The molecule has 2 heterocycles. The fourth-order valence-corrected chi connectivity index (χ4v) is 6.57. The first-order chi connectivity index (χ1) is 28.5. The van der Waals surface area contributed by atoms with E-state index in [4.69, 9.17) is 34.0 Å². The summed E-state index contributed by atoms with van der Waals surface area (Å²) in [6.07, 6.45) is 3.14. The normalized spacial score (nSPS) is 10.4. The fourth-order valence-electron chi connectivity index (χ4n) is 5.56. The van der Waals surface area contributed by atoms with Crippen LogP contribution in [-0.4, -0.2) is 45.0 Å². The average molecular weight is 972 g/mol. The van der Waals surface area contributed by atoms with Crippen LogP contribution in [0.1, 0.15) is 77.5 Å². The zero-order chi connectivity index (χ0) is 43.7. The van der Waals surface area contributed by atoms with E-state index >= 15 is 0 Å². The number of nitrogens with zero attached hydrogens (tertiary/aromatic N) is 2. The number of anilines is 4. The van der Waals surface area contributed by atoms with E-state index in [1.54, 1.807) is 125 Å². The largest absolute Gasteiger partial charge is 0.321 e. The third kappa shape index (κ3) is 12.0. The quantitative estimate of drug-likeness (QED) is 0.0741. The minimum atomic E-state index is -0.444. The summed E-state index contributed by atoms with van der Waals surface area (Å²) in [6, 6.07) is 26.6. The minimum absolute atomic E-state index is 0.227. The van der Waals surface area contributed by atoms with Gasteiger partial charge in [0.25, 0.3) is 23.6 Å². The first kappa shape index (κ1) is 45.0. The van der Waals surface area contributed by atoms with Crippen LogP contribution in [0.2, 0.25) is 10.0 Å². The lowest BCUT2D eigenvalue weighted by Gasteiger charge is -2.15. The molecule has 0 atom stereocenters. The Balaban J connectivity index is 0.000000228. The van der Waals surface area contributed by atoms with Gasteiger partial charge in [-0.15, -0.1) is 0 Å². The number of aryl methyl sites for hydroxylation is 2. The van der Waals surface area contributed by atoms with Crippen LogP contribution in [0.3, 0.4) is 0 Å². The molecule has 6 rings (SSSR count). The maximum absolute atomic E-state index is 12.9. The van der Waals surface area contributed by atoms with Gasteiger partial charge in [0.1, 0.15) is 11.6 Å². The predicted octanol–water partition coefficient (Wildman–Crippen LogP) is 11.4. The Morgan fingerprint density at radius 1 is 0.500 bits per heavy atom. The van der Waals surface area contributed by atoms with Crippen LogP contribution >= 0.6 is 55.1 Å². The number of hydrogen-bond acceptors (Lipinski definition) is 8. The van der Waals surface area contributed by atoms with Gasteiger partial charge in [0.15, 0.2) is 0 Å². The van der Waals surface area contributed by atoms with Crippen molar-refractivity contribution >= 4 is 113 Å². The number of carbonyl (C=O) groups excluding carboxylic acids is 4. The third-order valence-corrected chi connectivity index (χ3v) is 10.0. The highest BCUT2D eigenvalue weighted by molar-refractivity contribution is 9.10. The van der Waals surface area contributed by atoms with Gasteiger partial charge in [0.2, 0.25) is 0 Å². The van der Waals surface area contributed by atoms with E-state index in [1.807, 2.05) is 0 Å². The Kier molecular flexibility index (Phi) is 15.2. The summed E-state index contributed by atoms with van der Waals surface area (Å²) in [4.78, 5) is 59.5. The number of nitrogens with one attached hydrogen (secondary N) is 6. The van der Waals surface area contributed by atoms with Crippen molar-refractivity contribution in [2.75, 3.05) is 21.3 Å². The van der Waals surface area contributed by atoms with Crippen molar-refractivity contribution in [3.63, 3.8) is 0 Å². The van der Waals surface area contributed by atoms with Crippen LogP contribution in [0.25, 0.3) is 0 Å². The van der Waals surface area contributed by atoms with Crippen LogP contribution in [0.5, 0.6) is 0 Å². The zero-order valence-corrected chi connectivity index (χ0v) is 37.1. The first-order valence-corrected chi connectivity index (χ1v) is 20.2. The molecule has 0 aliphatic heterocycles. The van der Waals surface area contributed by atoms with Crippen LogP contribution in [-0.2, 0) is 0 Å². The molecule has 2 aromatic heterocycles. The molecule has 60 heavy (non-hydrogen) atoms. The lowest BCUT2D eigenvalue weighted by Crippen LogP contribution is -2.19. The molecular formula is C44H36Br2Cl2N8O4. The molecule has 0 saturated carbocycles. The molecule has 16 heteroatoms. The molecule has 0 spiro atoms.